The molecule has 1 aliphatic heterocycles. The summed E-state index contributed by atoms with van der Waals surface area (Å²) in [7, 11) is 1.71. The highest BCUT2D eigenvalue weighted by Gasteiger charge is 2.26. The Balaban J connectivity index is 1.67. The van der Waals surface area contributed by atoms with Gasteiger partial charge in [-0.1, -0.05) is 18.2 Å². The highest BCUT2D eigenvalue weighted by Crippen LogP contribution is 2.31. The molecule has 3 aromatic rings. The average molecular weight is 384 g/mol. The number of piperidine rings is 1. The van der Waals surface area contributed by atoms with Crippen LogP contribution in [0, 0.1) is 0 Å². The molecule has 1 aromatic carbocycles. The molecule has 5 nitrogen and oxygen atoms in total. The number of thiazole rings is 1. The number of likely N-dealkylation sites (tertiary alicyclic amines) is 1. The monoisotopic (exact) mass is 383 g/mol. The lowest BCUT2D eigenvalue weighted by atomic mass is 10.0. The molecule has 1 amide bonds. The summed E-state index contributed by atoms with van der Waals surface area (Å²) in [6, 6.07) is 10.8. The quantitative estimate of drug-likeness (QED) is 0.655. The van der Waals surface area contributed by atoms with Crippen LogP contribution in [0.2, 0.25) is 0 Å². The third kappa shape index (κ3) is 3.51. The fourth-order valence-corrected chi connectivity index (χ4v) is 4.67. The molecule has 0 bridgehead atoms. The molecule has 6 heteroatoms. The summed E-state index contributed by atoms with van der Waals surface area (Å²) < 4.78 is 7.52. The first-order valence-corrected chi connectivity index (χ1v) is 10.4. The van der Waals surface area contributed by atoms with Gasteiger partial charge in [-0.2, -0.15) is 0 Å². The predicted octanol–water partition coefficient (Wildman–Crippen LogP) is 4.43. The Kier molecular flexibility index (Phi) is 5.27. The predicted molar refractivity (Wildman–Crippen MR) is 109 cm³/mol. The van der Waals surface area contributed by atoms with Gasteiger partial charge in [0, 0.05) is 42.5 Å². The summed E-state index contributed by atoms with van der Waals surface area (Å²) in [5.74, 6) is 0.0595. The maximum atomic E-state index is 12.9. The van der Waals surface area contributed by atoms with Crippen LogP contribution < -0.4 is 0 Å². The molecular formula is C21H25N3O2S. The Morgan fingerprint density at radius 3 is 3.00 bits per heavy atom. The number of amides is 1. The molecule has 4 rings (SSSR count). The second kappa shape index (κ2) is 7.82. The fraction of sp³-hybridized carbons (Fsp3) is 0.429. The molecule has 1 fully saturated rings. The summed E-state index contributed by atoms with van der Waals surface area (Å²) in [4.78, 5) is 19.6. The lowest BCUT2D eigenvalue weighted by molar-refractivity contribution is 0.0630. The van der Waals surface area contributed by atoms with E-state index in [0.717, 1.165) is 42.1 Å². The summed E-state index contributed by atoms with van der Waals surface area (Å²) >= 11 is 1.54. The third-order valence-corrected chi connectivity index (χ3v) is 6.20. The van der Waals surface area contributed by atoms with Crippen molar-refractivity contribution in [3.8, 4) is 10.7 Å². The molecule has 1 unspecified atom stereocenters. The first-order chi connectivity index (χ1) is 13.2. The summed E-state index contributed by atoms with van der Waals surface area (Å²) in [6.45, 7) is 4.35. The van der Waals surface area contributed by atoms with Gasteiger partial charge in [0.15, 0.2) is 0 Å². The van der Waals surface area contributed by atoms with Gasteiger partial charge in [-0.15, -0.1) is 11.3 Å². The Morgan fingerprint density at radius 2 is 2.19 bits per heavy atom. The van der Waals surface area contributed by atoms with Crippen LogP contribution >= 0.6 is 11.3 Å². The number of benzene rings is 1. The molecule has 3 heterocycles. The van der Waals surface area contributed by atoms with Gasteiger partial charge in [0.2, 0.25) is 0 Å². The van der Waals surface area contributed by atoms with Crippen molar-refractivity contribution in [1.29, 1.82) is 0 Å². The van der Waals surface area contributed by atoms with Crippen LogP contribution in [0.3, 0.4) is 0 Å². The average Bonchev–Trinajstić information content (AvgIpc) is 3.31. The van der Waals surface area contributed by atoms with E-state index in [9.17, 15) is 4.79 Å². The van der Waals surface area contributed by atoms with Crippen molar-refractivity contribution in [3.63, 3.8) is 0 Å². The minimum atomic E-state index is 0.0595. The number of para-hydroxylation sites is 1. The van der Waals surface area contributed by atoms with Gasteiger partial charge in [0.1, 0.15) is 10.7 Å². The van der Waals surface area contributed by atoms with E-state index in [1.165, 1.54) is 23.1 Å². The molecule has 0 aliphatic carbocycles. The van der Waals surface area contributed by atoms with Gasteiger partial charge in [-0.05, 0) is 38.3 Å². The SMILES string of the molecule is COCCn1c(-c2nc(C(=O)N3CCCCC3C)cs2)cc2ccccc21. The maximum Gasteiger partial charge on any atom is 0.273 e. The molecular weight excluding hydrogens is 358 g/mol. The maximum absolute atomic E-state index is 12.9. The highest BCUT2D eigenvalue weighted by atomic mass is 32.1. The van der Waals surface area contributed by atoms with Crippen LogP contribution in [-0.4, -0.2) is 46.7 Å². The van der Waals surface area contributed by atoms with E-state index in [4.69, 9.17) is 9.72 Å². The van der Waals surface area contributed by atoms with Crippen LogP contribution in [0.1, 0.15) is 36.7 Å². The fourth-order valence-electron chi connectivity index (χ4n) is 3.85. The van der Waals surface area contributed by atoms with E-state index in [1.54, 1.807) is 7.11 Å². The first-order valence-electron chi connectivity index (χ1n) is 9.53. The number of carbonyl (C=O) groups is 1. The molecule has 0 radical (unpaired) electrons. The zero-order valence-electron chi connectivity index (χ0n) is 15.9. The van der Waals surface area contributed by atoms with Crippen molar-refractivity contribution in [2.45, 2.75) is 38.8 Å². The Morgan fingerprint density at radius 1 is 1.33 bits per heavy atom. The van der Waals surface area contributed by atoms with Gasteiger partial charge in [0.25, 0.3) is 5.91 Å². The van der Waals surface area contributed by atoms with E-state index in [0.29, 0.717) is 18.3 Å². The molecule has 2 aromatic heterocycles. The number of carbonyl (C=O) groups excluding carboxylic acids is 1. The molecule has 1 atom stereocenters. The number of hydrogen-bond donors (Lipinski definition) is 0. The standard InChI is InChI=1S/C21H25N3O2S/c1-15-7-5-6-10-23(15)21(25)17-14-27-20(22-17)19-13-16-8-3-4-9-18(16)24(19)11-12-26-2/h3-4,8-9,13-15H,5-7,10-12H2,1-2H3. The van der Waals surface area contributed by atoms with Crippen molar-refractivity contribution in [2.75, 3.05) is 20.3 Å². The van der Waals surface area contributed by atoms with Gasteiger partial charge in [-0.3, -0.25) is 4.79 Å². The molecule has 0 spiro atoms. The number of methoxy groups -OCH3 is 1. The number of nitrogens with zero attached hydrogens (tertiary/aromatic N) is 3. The zero-order chi connectivity index (χ0) is 18.8. The lowest BCUT2D eigenvalue weighted by Gasteiger charge is -2.32. The van der Waals surface area contributed by atoms with Crippen molar-refractivity contribution in [2.24, 2.45) is 0 Å². The summed E-state index contributed by atoms with van der Waals surface area (Å²) in [5.41, 5.74) is 2.77. The topological polar surface area (TPSA) is 47.4 Å². The normalized spacial score (nSPS) is 17.6. The highest BCUT2D eigenvalue weighted by molar-refractivity contribution is 7.13. The largest absolute Gasteiger partial charge is 0.383 e. The van der Waals surface area contributed by atoms with Crippen LogP contribution in [0.5, 0.6) is 0 Å². The third-order valence-electron chi connectivity index (χ3n) is 5.34. The van der Waals surface area contributed by atoms with Crippen molar-refractivity contribution in [3.05, 3.63) is 41.4 Å². The molecule has 142 valence electrons. The Hall–Kier alpha value is -2.18. The lowest BCUT2D eigenvalue weighted by Crippen LogP contribution is -2.42. The second-order valence-corrected chi connectivity index (χ2v) is 7.97. The van der Waals surface area contributed by atoms with Crippen molar-refractivity contribution in [1.82, 2.24) is 14.5 Å². The van der Waals surface area contributed by atoms with Crippen LogP contribution in [0.25, 0.3) is 21.6 Å². The van der Waals surface area contributed by atoms with E-state index in [-0.39, 0.29) is 5.91 Å². The van der Waals surface area contributed by atoms with Gasteiger partial charge >= 0.3 is 0 Å². The Bertz CT molecular complexity index is 946. The van der Waals surface area contributed by atoms with Crippen LogP contribution in [0.4, 0.5) is 0 Å². The van der Waals surface area contributed by atoms with E-state index in [2.05, 4.69) is 29.7 Å². The van der Waals surface area contributed by atoms with Gasteiger partial charge in [0.05, 0.1) is 12.3 Å². The zero-order valence-corrected chi connectivity index (χ0v) is 16.7. The Labute approximate surface area is 163 Å². The number of fused-ring (bicyclic) bond motifs is 1. The number of ether oxygens (including phenoxy) is 1. The number of aromatic nitrogens is 2. The summed E-state index contributed by atoms with van der Waals surface area (Å²) in [6.07, 6.45) is 3.36. The molecule has 27 heavy (non-hydrogen) atoms. The molecule has 1 aliphatic rings. The number of hydrogen-bond acceptors (Lipinski definition) is 4. The second-order valence-electron chi connectivity index (χ2n) is 7.11. The van der Waals surface area contributed by atoms with Crippen LogP contribution in [0.15, 0.2) is 35.7 Å². The van der Waals surface area contributed by atoms with E-state index >= 15 is 0 Å². The smallest absolute Gasteiger partial charge is 0.273 e. The molecule has 0 saturated carbocycles. The van der Waals surface area contributed by atoms with E-state index in [1.807, 2.05) is 22.4 Å². The summed E-state index contributed by atoms with van der Waals surface area (Å²) in [5, 5.41) is 3.96. The molecule has 0 N–H and O–H groups in total. The number of rotatable bonds is 5. The van der Waals surface area contributed by atoms with Crippen molar-refractivity contribution >= 4 is 28.1 Å². The molecule has 1 saturated heterocycles. The first kappa shape index (κ1) is 18.2. The van der Waals surface area contributed by atoms with Gasteiger partial charge < -0.3 is 14.2 Å². The van der Waals surface area contributed by atoms with Crippen LogP contribution in [-0.2, 0) is 11.3 Å². The van der Waals surface area contributed by atoms with E-state index < -0.39 is 0 Å². The van der Waals surface area contributed by atoms with Gasteiger partial charge in [-0.25, -0.2) is 4.98 Å². The minimum absolute atomic E-state index is 0.0595. The minimum Gasteiger partial charge on any atom is -0.383 e. The van der Waals surface area contributed by atoms with Crippen molar-refractivity contribution < 1.29 is 9.53 Å².